The molecule has 1 spiro atoms. The molecule has 1 fully saturated rings. The van der Waals surface area contributed by atoms with Crippen LogP contribution in [0.2, 0.25) is 0 Å². The van der Waals surface area contributed by atoms with Gasteiger partial charge in [0, 0.05) is 30.4 Å². The van der Waals surface area contributed by atoms with E-state index in [9.17, 15) is 0 Å². The number of rotatable bonds is 4. The van der Waals surface area contributed by atoms with E-state index in [1.807, 2.05) is 24.3 Å². The number of benzene rings is 2. The third-order valence-corrected chi connectivity index (χ3v) is 6.56. The summed E-state index contributed by atoms with van der Waals surface area (Å²) in [5, 5.41) is 7.37. The van der Waals surface area contributed by atoms with Gasteiger partial charge in [-0.2, -0.15) is 5.10 Å². The fourth-order valence-corrected chi connectivity index (χ4v) is 5.06. The molecule has 2 heterocycles. The minimum absolute atomic E-state index is 0.144. The van der Waals surface area contributed by atoms with Gasteiger partial charge < -0.3 is 18.9 Å². The molecule has 0 radical (unpaired) electrons. The van der Waals surface area contributed by atoms with Gasteiger partial charge in [-0.25, -0.2) is 5.01 Å². The van der Waals surface area contributed by atoms with E-state index in [0.29, 0.717) is 5.75 Å². The highest BCUT2D eigenvalue weighted by Crippen LogP contribution is 2.53. The van der Waals surface area contributed by atoms with Gasteiger partial charge in [-0.05, 0) is 37.1 Å². The van der Waals surface area contributed by atoms with Crippen molar-refractivity contribution >= 4 is 5.71 Å². The number of para-hydroxylation sites is 1. The molecule has 2 aliphatic heterocycles. The van der Waals surface area contributed by atoms with Gasteiger partial charge >= 0.3 is 0 Å². The van der Waals surface area contributed by atoms with E-state index < -0.39 is 5.72 Å². The summed E-state index contributed by atoms with van der Waals surface area (Å²) in [7, 11) is 5.02. The molecule has 158 valence electrons. The molecule has 3 aliphatic rings. The zero-order valence-corrected chi connectivity index (χ0v) is 17.8. The van der Waals surface area contributed by atoms with Gasteiger partial charge in [0.2, 0.25) is 0 Å². The maximum Gasteiger partial charge on any atom is 0.198 e. The monoisotopic (exact) mass is 408 g/mol. The van der Waals surface area contributed by atoms with E-state index in [4.69, 9.17) is 24.0 Å². The molecule has 0 saturated heterocycles. The summed E-state index contributed by atoms with van der Waals surface area (Å²) < 4.78 is 23.3. The van der Waals surface area contributed by atoms with E-state index >= 15 is 0 Å². The third-order valence-electron chi connectivity index (χ3n) is 6.56. The zero-order chi connectivity index (χ0) is 20.7. The highest BCUT2D eigenvalue weighted by Gasteiger charge is 2.51. The average molecular weight is 408 g/mol. The number of methoxy groups -OCH3 is 3. The first-order valence-electron chi connectivity index (χ1n) is 10.6. The average Bonchev–Trinajstić information content (AvgIpc) is 3.26. The van der Waals surface area contributed by atoms with Crippen molar-refractivity contribution in [3.63, 3.8) is 0 Å². The van der Waals surface area contributed by atoms with E-state index in [1.54, 1.807) is 21.3 Å². The standard InChI is InChI=1S/C24H28N2O4/c1-27-20-11-10-16(14-22(20)29-3)18-15-19-17-8-7-9-21(28-2)23(17)30-24(26(19)25-18)12-5-4-6-13-24/h7-11,14,19H,4-6,12-13,15H2,1-3H3/t19-/m0/s1. The van der Waals surface area contributed by atoms with Crippen molar-refractivity contribution in [2.45, 2.75) is 50.3 Å². The van der Waals surface area contributed by atoms with Crippen molar-refractivity contribution in [2.75, 3.05) is 21.3 Å². The normalized spacial score (nSPS) is 21.4. The van der Waals surface area contributed by atoms with Crippen LogP contribution in [0.4, 0.5) is 0 Å². The van der Waals surface area contributed by atoms with Crippen molar-refractivity contribution < 1.29 is 18.9 Å². The van der Waals surface area contributed by atoms with Gasteiger partial charge in [0.1, 0.15) is 0 Å². The number of hydrazone groups is 1. The number of nitrogens with zero attached hydrogens (tertiary/aromatic N) is 2. The second-order valence-electron chi connectivity index (χ2n) is 8.17. The van der Waals surface area contributed by atoms with Crippen LogP contribution < -0.4 is 18.9 Å². The Morgan fingerprint density at radius 3 is 2.43 bits per heavy atom. The molecule has 1 aliphatic carbocycles. The fraction of sp³-hybridized carbons (Fsp3) is 0.458. The maximum absolute atomic E-state index is 6.71. The van der Waals surface area contributed by atoms with E-state index in [-0.39, 0.29) is 6.04 Å². The third kappa shape index (κ3) is 2.89. The van der Waals surface area contributed by atoms with Crippen molar-refractivity contribution in [1.82, 2.24) is 5.01 Å². The lowest BCUT2D eigenvalue weighted by Gasteiger charge is -2.49. The summed E-state index contributed by atoms with van der Waals surface area (Å²) in [4.78, 5) is 0. The Balaban J connectivity index is 1.59. The van der Waals surface area contributed by atoms with Crippen LogP contribution >= 0.6 is 0 Å². The minimum atomic E-state index is -0.400. The van der Waals surface area contributed by atoms with Gasteiger partial charge in [-0.1, -0.05) is 18.6 Å². The van der Waals surface area contributed by atoms with Crippen LogP contribution in [0.1, 0.15) is 55.7 Å². The zero-order valence-electron chi connectivity index (χ0n) is 17.8. The summed E-state index contributed by atoms with van der Waals surface area (Å²) >= 11 is 0. The first-order chi connectivity index (χ1) is 14.7. The van der Waals surface area contributed by atoms with Crippen molar-refractivity contribution in [3.8, 4) is 23.0 Å². The lowest BCUT2D eigenvalue weighted by atomic mass is 9.86. The predicted octanol–water partition coefficient (Wildman–Crippen LogP) is 4.92. The molecule has 6 heteroatoms. The van der Waals surface area contributed by atoms with Crippen molar-refractivity contribution in [3.05, 3.63) is 47.5 Å². The van der Waals surface area contributed by atoms with Gasteiger partial charge in [0.15, 0.2) is 28.7 Å². The van der Waals surface area contributed by atoms with Crippen LogP contribution in [0.25, 0.3) is 0 Å². The molecule has 6 nitrogen and oxygen atoms in total. The SMILES string of the molecule is COc1ccc(C2=NN3[C@@H](C2)c2cccc(OC)c2OC32CCCCC2)cc1OC. The molecule has 2 aromatic carbocycles. The largest absolute Gasteiger partial charge is 0.493 e. The molecule has 0 N–H and O–H groups in total. The van der Waals surface area contributed by atoms with E-state index in [2.05, 4.69) is 17.1 Å². The number of hydrogen-bond acceptors (Lipinski definition) is 6. The van der Waals surface area contributed by atoms with Crippen molar-refractivity contribution in [2.24, 2.45) is 5.10 Å². The molecule has 1 saturated carbocycles. The second-order valence-corrected chi connectivity index (χ2v) is 8.17. The topological polar surface area (TPSA) is 52.5 Å². The summed E-state index contributed by atoms with van der Waals surface area (Å²) in [6.07, 6.45) is 6.31. The van der Waals surface area contributed by atoms with Gasteiger partial charge in [-0.3, -0.25) is 0 Å². The Kier molecular flexibility index (Phi) is 4.72. The molecular formula is C24H28N2O4. The molecule has 0 amide bonds. The van der Waals surface area contributed by atoms with Crippen LogP contribution in [0.15, 0.2) is 41.5 Å². The van der Waals surface area contributed by atoms with E-state index in [1.165, 1.54) is 6.42 Å². The molecular weight excluding hydrogens is 380 g/mol. The number of fused-ring (bicyclic) bond motifs is 4. The van der Waals surface area contributed by atoms with Crippen LogP contribution in [-0.2, 0) is 0 Å². The van der Waals surface area contributed by atoms with Gasteiger partial charge in [-0.15, -0.1) is 0 Å². The Hall–Kier alpha value is -2.89. The highest BCUT2D eigenvalue weighted by molar-refractivity contribution is 6.02. The summed E-state index contributed by atoms with van der Waals surface area (Å²) in [5.41, 5.74) is 2.84. The Morgan fingerprint density at radius 1 is 0.933 bits per heavy atom. The fourth-order valence-electron chi connectivity index (χ4n) is 5.06. The minimum Gasteiger partial charge on any atom is -0.493 e. The molecule has 0 bridgehead atoms. The first kappa shape index (κ1) is 19.1. The molecule has 2 aromatic rings. The molecule has 5 rings (SSSR count). The van der Waals surface area contributed by atoms with Crippen LogP contribution in [-0.4, -0.2) is 37.8 Å². The van der Waals surface area contributed by atoms with Crippen LogP contribution in [0.3, 0.4) is 0 Å². The van der Waals surface area contributed by atoms with Crippen LogP contribution in [0.5, 0.6) is 23.0 Å². The quantitative estimate of drug-likeness (QED) is 0.719. The lowest BCUT2D eigenvalue weighted by molar-refractivity contribution is -0.141. The predicted molar refractivity (Wildman–Crippen MR) is 115 cm³/mol. The highest BCUT2D eigenvalue weighted by atomic mass is 16.5. The Bertz CT molecular complexity index is 981. The smallest absolute Gasteiger partial charge is 0.198 e. The summed E-state index contributed by atoms with van der Waals surface area (Å²) in [6.45, 7) is 0. The molecule has 1 atom stereocenters. The van der Waals surface area contributed by atoms with Gasteiger partial charge in [0.25, 0.3) is 0 Å². The van der Waals surface area contributed by atoms with Crippen molar-refractivity contribution in [1.29, 1.82) is 0 Å². The second kappa shape index (κ2) is 7.42. The molecule has 30 heavy (non-hydrogen) atoms. The van der Waals surface area contributed by atoms with Gasteiger partial charge in [0.05, 0.1) is 33.1 Å². The molecule has 0 unspecified atom stereocenters. The number of ether oxygens (including phenoxy) is 4. The first-order valence-corrected chi connectivity index (χ1v) is 10.6. The maximum atomic E-state index is 6.71. The Morgan fingerprint density at radius 2 is 1.70 bits per heavy atom. The number of hydrogen-bond donors (Lipinski definition) is 0. The summed E-state index contributed by atoms with van der Waals surface area (Å²) in [6, 6.07) is 12.3. The van der Waals surface area contributed by atoms with E-state index in [0.717, 1.165) is 66.2 Å². The lowest BCUT2D eigenvalue weighted by Crippen LogP contribution is -2.54. The Labute approximate surface area is 177 Å². The molecule has 0 aromatic heterocycles. The summed E-state index contributed by atoms with van der Waals surface area (Å²) in [5.74, 6) is 3.12. The van der Waals surface area contributed by atoms with Crippen LogP contribution in [0, 0.1) is 0 Å².